The lowest BCUT2D eigenvalue weighted by Crippen LogP contribution is -2.21. The Kier molecular flexibility index (Phi) is 6.13. The first-order chi connectivity index (χ1) is 14.0. The Morgan fingerprint density at radius 2 is 1.86 bits per heavy atom. The standard InChI is InChI=1S/C21H19NO7/c1-13(23)15-9-18-19(29-12-28-18)10-16(15)22-20(24)11-27-21(25)8-7-14-5-3-4-6-17(14)26-2/h3-10H,11-12H2,1-2H3,(H,22,24)/b8-7+. The maximum Gasteiger partial charge on any atom is 0.331 e. The van der Waals surface area contributed by atoms with Gasteiger partial charge in [-0.2, -0.15) is 0 Å². The molecule has 0 aliphatic carbocycles. The summed E-state index contributed by atoms with van der Waals surface area (Å²) in [6, 6.07) is 10.2. The number of fused-ring (bicyclic) bond motifs is 1. The lowest BCUT2D eigenvalue weighted by atomic mass is 10.1. The highest BCUT2D eigenvalue weighted by atomic mass is 16.7. The summed E-state index contributed by atoms with van der Waals surface area (Å²) < 4.78 is 20.6. The van der Waals surface area contributed by atoms with E-state index in [0.29, 0.717) is 22.8 Å². The van der Waals surface area contributed by atoms with E-state index in [0.717, 1.165) is 0 Å². The quantitative estimate of drug-likeness (QED) is 0.436. The topological polar surface area (TPSA) is 100 Å². The predicted octanol–water partition coefficient (Wildman–Crippen LogP) is 2.82. The maximum absolute atomic E-state index is 12.2. The predicted molar refractivity (Wildman–Crippen MR) is 104 cm³/mol. The molecule has 0 radical (unpaired) electrons. The normalized spacial score (nSPS) is 11.9. The Labute approximate surface area is 167 Å². The molecule has 1 N–H and O–H groups in total. The molecule has 0 saturated heterocycles. The number of ether oxygens (including phenoxy) is 4. The van der Waals surface area contributed by atoms with Gasteiger partial charge in [-0.3, -0.25) is 9.59 Å². The van der Waals surface area contributed by atoms with Crippen LogP contribution in [0.5, 0.6) is 17.2 Å². The first-order valence-corrected chi connectivity index (χ1v) is 8.70. The summed E-state index contributed by atoms with van der Waals surface area (Å²) in [4.78, 5) is 35.9. The van der Waals surface area contributed by atoms with E-state index in [1.165, 1.54) is 38.3 Å². The second-order valence-corrected chi connectivity index (χ2v) is 6.04. The highest BCUT2D eigenvalue weighted by molar-refractivity contribution is 6.05. The number of anilines is 1. The third-order valence-corrected chi connectivity index (χ3v) is 4.05. The molecular formula is C21H19NO7. The SMILES string of the molecule is COc1ccccc1/C=C/C(=O)OCC(=O)Nc1cc2c(cc1C(C)=O)OCO2. The van der Waals surface area contributed by atoms with E-state index in [2.05, 4.69) is 5.32 Å². The van der Waals surface area contributed by atoms with Crippen LogP contribution in [0.25, 0.3) is 6.08 Å². The van der Waals surface area contributed by atoms with Crippen LogP contribution in [0.2, 0.25) is 0 Å². The average Bonchev–Trinajstić information content (AvgIpc) is 3.17. The highest BCUT2D eigenvalue weighted by Gasteiger charge is 2.20. The van der Waals surface area contributed by atoms with Gasteiger partial charge in [-0.25, -0.2) is 4.79 Å². The number of carbonyl (C=O) groups excluding carboxylic acids is 3. The Hall–Kier alpha value is -3.81. The number of nitrogens with one attached hydrogen (secondary N) is 1. The zero-order chi connectivity index (χ0) is 20.8. The number of benzene rings is 2. The van der Waals surface area contributed by atoms with Gasteiger partial charge in [0.2, 0.25) is 6.79 Å². The van der Waals surface area contributed by atoms with E-state index >= 15 is 0 Å². The summed E-state index contributed by atoms with van der Waals surface area (Å²) in [5.74, 6) is -0.0821. The second kappa shape index (κ2) is 8.92. The summed E-state index contributed by atoms with van der Waals surface area (Å²) in [5, 5.41) is 2.55. The Balaban J connectivity index is 1.59. The number of para-hydroxylation sites is 1. The van der Waals surface area contributed by atoms with Gasteiger partial charge in [0.1, 0.15) is 5.75 Å². The third-order valence-electron chi connectivity index (χ3n) is 4.05. The number of hydrogen-bond donors (Lipinski definition) is 1. The molecule has 2 aromatic rings. The summed E-state index contributed by atoms with van der Waals surface area (Å²) in [6.45, 7) is 0.900. The number of ketones is 1. The Bertz CT molecular complexity index is 981. The van der Waals surface area contributed by atoms with Crippen LogP contribution in [0.15, 0.2) is 42.5 Å². The molecule has 150 valence electrons. The third kappa shape index (κ3) is 4.92. The molecule has 2 aromatic carbocycles. The van der Waals surface area contributed by atoms with Gasteiger partial charge < -0.3 is 24.3 Å². The van der Waals surface area contributed by atoms with Crippen LogP contribution in [0, 0.1) is 0 Å². The molecular weight excluding hydrogens is 378 g/mol. The van der Waals surface area contributed by atoms with E-state index in [4.69, 9.17) is 18.9 Å². The minimum absolute atomic E-state index is 0.0419. The van der Waals surface area contributed by atoms with E-state index < -0.39 is 18.5 Å². The minimum atomic E-state index is -0.691. The number of Topliss-reactive ketones (excluding diaryl/α,β-unsaturated/α-hetero) is 1. The molecule has 1 heterocycles. The van der Waals surface area contributed by atoms with Gasteiger partial charge in [0.05, 0.1) is 12.8 Å². The molecule has 0 aromatic heterocycles. The number of methoxy groups -OCH3 is 1. The number of esters is 1. The lowest BCUT2D eigenvalue weighted by molar-refractivity contribution is -0.142. The fourth-order valence-electron chi connectivity index (χ4n) is 2.67. The van der Waals surface area contributed by atoms with Gasteiger partial charge >= 0.3 is 5.97 Å². The van der Waals surface area contributed by atoms with E-state index in [1.807, 2.05) is 6.07 Å². The van der Waals surface area contributed by atoms with E-state index in [-0.39, 0.29) is 23.8 Å². The monoisotopic (exact) mass is 397 g/mol. The van der Waals surface area contributed by atoms with Gasteiger partial charge in [0.25, 0.3) is 5.91 Å². The molecule has 1 aliphatic heterocycles. The van der Waals surface area contributed by atoms with Crippen LogP contribution in [0.1, 0.15) is 22.8 Å². The van der Waals surface area contributed by atoms with Crippen molar-refractivity contribution in [1.29, 1.82) is 0 Å². The molecule has 0 saturated carbocycles. The average molecular weight is 397 g/mol. The summed E-state index contributed by atoms with van der Waals surface area (Å²) >= 11 is 0. The van der Waals surface area contributed by atoms with Crippen LogP contribution >= 0.6 is 0 Å². The molecule has 3 rings (SSSR count). The maximum atomic E-state index is 12.2. The Morgan fingerprint density at radius 3 is 2.59 bits per heavy atom. The first kappa shape index (κ1) is 19.9. The van der Waals surface area contributed by atoms with Crippen LogP contribution in [0.4, 0.5) is 5.69 Å². The molecule has 0 fully saturated rings. The lowest BCUT2D eigenvalue weighted by Gasteiger charge is -2.10. The highest BCUT2D eigenvalue weighted by Crippen LogP contribution is 2.37. The first-order valence-electron chi connectivity index (χ1n) is 8.70. The summed E-state index contributed by atoms with van der Waals surface area (Å²) in [7, 11) is 1.53. The zero-order valence-corrected chi connectivity index (χ0v) is 15.9. The fraction of sp³-hybridized carbons (Fsp3) is 0.190. The molecule has 8 nitrogen and oxygen atoms in total. The van der Waals surface area contributed by atoms with Crippen molar-refractivity contribution < 1.29 is 33.3 Å². The van der Waals surface area contributed by atoms with Crippen molar-refractivity contribution in [2.24, 2.45) is 0 Å². The van der Waals surface area contributed by atoms with Crippen LogP contribution < -0.4 is 19.5 Å². The van der Waals surface area contributed by atoms with Crippen molar-refractivity contribution >= 4 is 29.4 Å². The van der Waals surface area contributed by atoms with Gasteiger partial charge in [-0.1, -0.05) is 18.2 Å². The molecule has 8 heteroatoms. The van der Waals surface area contributed by atoms with Crippen molar-refractivity contribution in [1.82, 2.24) is 0 Å². The van der Waals surface area contributed by atoms with E-state index in [1.54, 1.807) is 18.2 Å². The van der Waals surface area contributed by atoms with Crippen molar-refractivity contribution in [2.45, 2.75) is 6.92 Å². The number of hydrogen-bond acceptors (Lipinski definition) is 7. The van der Waals surface area contributed by atoms with Crippen molar-refractivity contribution in [2.75, 3.05) is 25.8 Å². The van der Waals surface area contributed by atoms with Gasteiger partial charge in [0, 0.05) is 23.3 Å². The largest absolute Gasteiger partial charge is 0.496 e. The second-order valence-electron chi connectivity index (χ2n) is 6.04. The molecule has 0 unspecified atom stereocenters. The van der Waals surface area contributed by atoms with Gasteiger partial charge in [-0.15, -0.1) is 0 Å². The molecule has 0 bridgehead atoms. The van der Waals surface area contributed by atoms with Crippen LogP contribution in [-0.2, 0) is 14.3 Å². The van der Waals surface area contributed by atoms with Crippen LogP contribution in [0.3, 0.4) is 0 Å². The smallest absolute Gasteiger partial charge is 0.331 e. The fourth-order valence-corrected chi connectivity index (χ4v) is 2.67. The summed E-state index contributed by atoms with van der Waals surface area (Å²) in [6.07, 6.45) is 2.73. The number of amides is 1. The Morgan fingerprint density at radius 1 is 1.14 bits per heavy atom. The van der Waals surface area contributed by atoms with E-state index in [9.17, 15) is 14.4 Å². The van der Waals surface area contributed by atoms with Gasteiger partial charge in [-0.05, 0) is 25.1 Å². The molecule has 0 atom stereocenters. The van der Waals surface area contributed by atoms with Crippen LogP contribution in [-0.4, -0.2) is 38.2 Å². The minimum Gasteiger partial charge on any atom is -0.496 e. The molecule has 1 aliphatic rings. The molecule has 1 amide bonds. The molecule has 0 spiro atoms. The van der Waals surface area contributed by atoms with Crippen molar-refractivity contribution in [3.8, 4) is 17.2 Å². The summed E-state index contributed by atoms with van der Waals surface area (Å²) in [5.41, 5.74) is 1.22. The van der Waals surface area contributed by atoms with Crippen molar-refractivity contribution in [3.05, 3.63) is 53.6 Å². The molecule has 29 heavy (non-hydrogen) atoms. The number of rotatable bonds is 7. The van der Waals surface area contributed by atoms with Crippen molar-refractivity contribution in [3.63, 3.8) is 0 Å². The zero-order valence-electron chi connectivity index (χ0n) is 15.9. The van der Waals surface area contributed by atoms with Gasteiger partial charge in [0.15, 0.2) is 23.9 Å². The number of carbonyl (C=O) groups is 3.